The Morgan fingerprint density at radius 3 is 2.14 bits per heavy atom. The standard InChI is InChI=1S/C38H37N3O/c1-6-7-8-10-13-29-16-21-33(22-17-29)41(32-14-11-9-12-15-32)34-23-18-30(19-24-34)20-25-35-26-31(36(28-39)40-5)27-37(42-35)38(2,3)4/h6,9,11-12,14-27H,1,7-8,10,13H2,2-4H3/b25-20+,36-31+. The molecule has 0 aromatic heterocycles. The molecule has 4 rings (SSSR count). The van der Waals surface area contributed by atoms with Crippen LogP contribution in [-0.4, -0.2) is 0 Å². The van der Waals surface area contributed by atoms with E-state index < -0.39 is 0 Å². The third-order valence-corrected chi connectivity index (χ3v) is 6.97. The summed E-state index contributed by atoms with van der Waals surface area (Å²) in [6.07, 6.45) is 13.8. The molecule has 0 spiro atoms. The van der Waals surface area contributed by atoms with Crippen LogP contribution in [0, 0.1) is 23.3 Å². The summed E-state index contributed by atoms with van der Waals surface area (Å²) in [7, 11) is 0. The lowest BCUT2D eigenvalue weighted by Crippen LogP contribution is -2.14. The first-order valence-electron chi connectivity index (χ1n) is 14.3. The summed E-state index contributed by atoms with van der Waals surface area (Å²) >= 11 is 0. The monoisotopic (exact) mass is 551 g/mol. The predicted molar refractivity (Wildman–Crippen MR) is 174 cm³/mol. The van der Waals surface area contributed by atoms with Crippen molar-refractivity contribution in [1.82, 2.24) is 0 Å². The molecule has 3 aromatic rings. The van der Waals surface area contributed by atoms with Gasteiger partial charge in [-0.25, -0.2) is 10.1 Å². The Bertz CT molecular complexity index is 1570. The zero-order chi connectivity index (χ0) is 30.0. The number of ether oxygens (including phenoxy) is 1. The van der Waals surface area contributed by atoms with E-state index in [4.69, 9.17) is 11.3 Å². The number of nitriles is 1. The number of aryl methyl sites for hydroxylation is 1. The fourth-order valence-corrected chi connectivity index (χ4v) is 4.63. The van der Waals surface area contributed by atoms with Gasteiger partial charge in [-0.3, -0.25) is 0 Å². The molecule has 0 saturated carbocycles. The highest BCUT2D eigenvalue weighted by atomic mass is 16.5. The van der Waals surface area contributed by atoms with E-state index in [-0.39, 0.29) is 11.1 Å². The highest BCUT2D eigenvalue weighted by molar-refractivity contribution is 5.77. The summed E-state index contributed by atoms with van der Waals surface area (Å²) in [4.78, 5) is 5.65. The van der Waals surface area contributed by atoms with Crippen LogP contribution < -0.4 is 4.90 Å². The molecule has 4 nitrogen and oxygen atoms in total. The van der Waals surface area contributed by atoms with Gasteiger partial charge in [-0.05, 0) is 97.0 Å². The van der Waals surface area contributed by atoms with Gasteiger partial charge in [0.05, 0.1) is 12.6 Å². The first-order chi connectivity index (χ1) is 20.3. The smallest absolute Gasteiger partial charge is 0.269 e. The molecule has 0 unspecified atom stereocenters. The Hall–Kier alpha value is -5.06. The SMILES string of the molecule is [C-]#[N+]/C(C#N)=C1C=C(/C=C/c2ccc(N(c3ccccc3)c3ccc(CCCCC=C)cc3)cc2)OC(C(C)(C)C)=C\1. The molecule has 1 heterocycles. The second kappa shape index (κ2) is 14.0. The van der Waals surface area contributed by atoms with Gasteiger partial charge in [-0.1, -0.05) is 75.4 Å². The molecule has 1 aliphatic rings. The number of hydrogen-bond acceptors (Lipinski definition) is 3. The lowest BCUT2D eigenvalue weighted by molar-refractivity contribution is 0.223. The van der Waals surface area contributed by atoms with E-state index in [1.54, 1.807) is 12.2 Å². The zero-order valence-electron chi connectivity index (χ0n) is 24.7. The Labute approximate surface area is 250 Å². The Balaban J connectivity index is 1.58. The molecule has 4 heteroatoms. The van der Waals surface area contributed by atoms with Gasteiger partial charge in [0.2, 0.25) is 0 Å². The highest BCUT2D eigenvalue weighted by Gasteiger charge is 2.24. The molecule has 0 aliphatic carbocycles. The summed E-state index contributed by atoms with van der Waals surface area (Å²) in [5.41, 5.74) is 5.96. The molecule has 0 atom stereocenters. The van der Waals surface area contributed by atoms with Crippen molar-refractivity contribution in [1.29, 1.82) is 5.26 Å². The minimum atomic E-state index is -0.270. The molecule has 1 aliphatic heterocycles. The van der Waals surface area contributed by atoms with Gasteiger partial charge in [0.15, 0.2) is 0 Å². The lowest BCUT2D eigenvalue weighted by Gasteiger charge is -2.26. The van der Waals surface area contributed by atoms with Gasteiger partial charge < -0.3 is 9.64 Å². The van der Waals surface area contributed by atoms with Crippen LogP contribution in [0.4, 0.5) is 17.1 Å². The fourth-order valence-electron chi connectivity index (χ4n) is 4.63. The minimum Gasteiger partial charge on any atom is -0.461 e. The van der Waals surface area contributed by atoms with E-state index >= 15 is 0 Å². The second-order valence-electron chi connectivity index (χ2n) is 11.2. The van der Waals surface area contributed by atoms with Gasteiger partial charge >= 0.3 is 0 Å². The normalized spacial score (nSPS) is 14.2. The van der Waals surface area contributed by atoms with E-state index in [9.17, 15) is 5.26 Å². The lowest BCUT2D eigenvalue weighted by atomic mass is 9.91. The Morgan fingerprint density at radius 1 is 0.905 bits per heavy atom. The number of rotatable bonds is 10. The van der Waals surface area contributed by atoms with Crippen LogP contribution in [0.15, 0.2) is 133 Å². The summed E-state index contributed by atoms with van der Waals surface area (Å²) in [5.74, 6) is 1.31. The van der Waals surface area contributed by atoms with E-state index in [2.05, 4.69) is 89.1 Å². The molecule has 0 fully saturated rings. The van der Waals surface area contributed by atoms with Crippen molar-refractivity contribution in [2.75, 3.05) is 4.90 Å². The maximum absolute atomic E-state index is 9.42. The number of anilines is 3. The van der Waals surface area contributed by atoms with Crippen LogP contribution in [0.25, 0.3) is 10.9 Å². The third-order valence-electron chi connectivity index (χ3n) is 6.97. The van der Waals surface area contributed by atoms with Crippen molar-refractivity contribution in [3.05, 3.63) is 155 Å². The number of benzene rings is 3. The third kappa shape index (κ3) is 7.78. The van der Waals surface area contributed by atoms with Crippen LogP contribution in [0.5, 0.6) is 0 Å². The average molecular weight is 552 g/mol. The molecule has 0 saturated heterocycles. The summed E-state index contributed by atoms with van der Waals surface area (Å²) in [6.45, 7) is 17.3. The summed E-state index contributed by atoms with van der Waals surface area (Å²) < 4.78 is 6.14. The largest absolute Gasteiger partial charge is 0.461 e. The van der Waals surface area contributed by atoms with E-state index in [1.165, 1.54) is 12.0 Å². The van der Waals surface area contributed by atoms with Gasteiger partial charge in [-0.15, -0.1) is 6.58 Å². The van der Waals surface area contributed by atoms with Crippen LogP contribution in [0.3, 0.4) is 0 Å². The number of allylic oxidation sites excluding steroid dienone is 7. The molecular formula is C38H37N3O. The highest BCUT2D eigenvalue weighted by Crippen LogP contribution is 2.36. The predicted octanol–water partition coefficient (Wildman–Crippen LogP) is 10.6. The topological polar surface area (TPSA) is 40.6 Å². The summed E-state index contributed by atoms with van der Waals surface area (Å²) in [5, 5.41) is 9.42. The van der Waals surface area contributed by atoms with Crippen LogP contribution in [-0.2, 0) is 11.2 Å². The minimum absolute atomic E-state index is 0.0528. The van der Waals surface area contributed by atoms with Crippen molar-refractivity contribution in [2.45, 2.75) is 46.5 Å². The molecule has 0 bridgehead atoms. The van der Waals surface area contributed by atoms with Crippen molar-refractivity contribution in [3.63, 3.8) is 0 Å². The van der Waals surface area contributed by atoms with Crippen molar-refractivity contribution >= 4 is 23.1 Å². The average Bonchev–Trinajstić information content (AvgIpc) is 3.00. The molecule has 42 heavy (non-hydrogen) atoms. The summed E-state index contributed by atoms with van der Waals surface area (Å²) in [6, 6.07) is 29.6. The van der Waals surface area contributed by atoms with Crippen molar-refractivity contribution in [3.8, 4) is 6.07 Å². The van der Waals surface area contributed by atoms with Crippen molar-refractivity contribution < 1.29 is 4.74 Å². The fraction of sp³-hybridized carbons (Fsp3) is 0.211. The number of para-hydroxylation sites is 1. The first-order valence-corrected chi connectivity index (χ1v) is 14.3. The second-order valence-corrected chi connectivity index (χ2v) is 11.2. The Morgan fingerprint density at radius 2 is 1.55 bits per heavy atom. The maximum atomic E-state index is 9.42. The van der Waals surface area contributed by atoms with Gasteiger partial charge in [0, 0.05) is 22.5 Å². The quantitative estimate of drug-likeness (QED) is 0.109. The van der Waals surface area contributed by atoms with E-state index in [0.29, 0.717) is 17.1 Å². The van der Waals surface area contributed by atoms with E-state index in [0.717, 1.165) is 41.9 Å². The number of unbranched alkanes of at least 4 members (excludes halogenated alkanes) is 2. The van der Waals surface area contributed by atoms with Gasteiger partial charge in [0.1, 0.15) is 11.5 Å². The molecular weight excluding hydrogens is 514 g/mol. The van der Waals surface area contributed by atoms with Crippen molar-refractivity contribution in [2.24, 2.45) is 5.41 Å². The molecule has 0 radical (unpaired) electrons. The van der Waals surface area contributed by atoms with Gasteiger partial charge in [-0.2, -0.15) is 0 Å². The molecule has 210 valence electrons. The van der Waals surface area contributed by atoms with E-state index in [1.807, 2.05) is 51.1 Å². The number of hydrogen-bond donors (Lipinski definition) is 0. The van der Waals surface area contributed by atoms with Crippen LogP contribution in [0.1, 0.15) is 51.2 Å². The first kappa shape index (κ1) is 29.9. The van der Waals surface area contributed by atoms with Gasteiger partial charge in [0.25, 0.3) is 5.70 Å². The molecule has 0 N–H and O–H groups in total. The Kier molecular flexibility index (Phi) is 9.99. The maximum Gasteiger partial charge on any atom is 0.269 e. The zero-order valence-corrected chi connectivity index (χ0v) is 24.7. The van der Waals surface area contributed by atoms with Crippen LogP contribution in [0.2, 0.25) is 0 Å². The molecule has 0 amide bonds. The van der Waals surface area contributed by atoms with Crippen LogP contribution >= 0.6 is 0 Å². The molecule has 3 aromatic carbocycles. The number of nitrogens with zero attached hydrogens (tertiary/aromatic N) is 3.